The van der Waals surface area contributed by atoms with Crippen molar-refractivity contribution in [3.63, 3.8) is 0 Å². The number of nitrogens with zero attached hydrogens (tertiary/aromatic N) is 1. The average molecular weight is 255 g/mol. The lowest BCUT2D eigenvalue weighted by atomic mass is 10.2. The molecule has 18 heavy (non-hydrogen) atoms. The van der Waals surface area contributed by atoms with Gasteiger partial charge in [0.25, 0.3) is 0 Å². The lowest BCUT2D eigenvalue weighted by molar-refractivity contribution is -0.127. The number of rotatable bonds is 3. The van der Waals surface area contributed by atoms with Gasteiger partial charge in [-0.15, -0.1) is 0 Å². The first-order chi connectivity index (χ1) is 8.56. The van der Waals surface area contributed by atoms with E-state index in [0.29, 0.717) is 6.61 Å². The van der Waals surface area contributed by atoms with E-state index in [4.69, 9.17) is 4.74 Å². The van der Waals surface area contributed by atoms with Crippen LogP contribution in [-0.2, 0) is 9.53 Å². The van der Waals surface area contributed by atoms with Crippen LogP contribution in [0.2, 0.25) is 0 Å². The SMILES string of the molecule is C[C@H](C(=O)NC(=O)NC1CC1)N1CCO[C@@H](C)C1. The van der Waals surface area contributed by atoms with Gasteiger partial charge in [-0.05, 0) is 26.7 Å². The largest absolute Gasteiger partial charge is 0.376 e. The van der Waals surface area contributed by atoms with Gasteiger partial charge in [0, 0.05) is 19.1 Å². The Kier molecular flexibility index (Phi) is 4.19. The predicted octanol–water partition coefficient (Wildman–Crippen LogP) is 0.0838. The lowest BCUT2D eigenvalue weighted by Gasteiger charge is -2.34. The molecule has 1 aliphatic carbocycles. The molecule has 0 bridgehead atoms. The van der Waals surface area contributed by atoms with Crippen molar-refractivity contribution >= 4 is 11.9 Å². The van der Waals surface area contributed by atoms with Crippen LogP contribution in [0.15, 0.2) is 0 Å². The Bertz CT molecular complexity index is 331. The number of amides is 3. The van der Waals surface area contributed by atoms with E-state index in [0.717, 1.165) is 25.9 Å². The van der Waals surface area contributed by atoms with Crippen molar-refractivity contribution in [2.45, 2.75) is 44.9 Å². The summed E-state index contributed by atoms with van der Waals surface area (Å²) in [5.74, 6) is -0.248. The van der Waals surface area contributed by atoms with Gasteiger partial charge in [0.05, 0.1) is 18.8 Å². The number of nitrogens with one attached hydrogen (secondary N) is 2. The topological polar surface area (TPSA) is 70.7 Å². The number of hydrogen-bond donors (Lipinski definition) is 2. The van der Waals surface area contributed by atoms with E-state index in [1.807, 2.05) is 18.7 Å². The van der Waals surface area contributed by atoms with E-state index >= 15 is 0 Å². The van der Waals surface area contributed by atoms with Crippen molar-refractivity contribution in [2.24, 2.45) is 0 Å². The molecule has 1 aliphatic heterocycles. The number of carbonyl (C=O) groups is 2. The number of imide groups is 1. The zero-order valence-electron chi connectivity index (χ0n) is 10.9. The second-order valence-electron chi connectivity index (χ2n) is 5.09. The second-order valence-corrected chi connectivity index (χ2v) is 5.09. The predicted molar refractivity (Wildman–Crippen MR) is 66.1 cm³/mol. The Morgan fingerprint density at radius 2 is 2.11 bits per heavy atom. The summed E-state index contributed by atoms with van der Waals surface area (Å²) in [6.45, 7) is 5.88. The zero-order valence-corrected chi connectivity index (χ0v) is 10.9. The second kappa shape index (κ2) is 5.67. The quantitative estimate of drug-likeness (QED) is 0.749. The van der Waals surface area contributed by atoms with E-state index in [1.54, 1.807) is 0 Å². The molecule has 1 saturated carbocycles. The number of carbonyl (C=O) groups excluding carboxylic acids is 2. The van der Waals surface area contributed by atoms with Crippen LogP contribution in [-0.4, -0.2) is 54.7 Å². The van der Waals surface area contributed by atoms with Crippen LogP contribution in [0.3, 0.4) is 0 Å². The summed E-state index contributed by atoms with van der Waals surface area (Å²) in [5.41, 5.74) is 0. The van der Waals surface area contributed by atoms with Gasteiger partial charge >= 0.3 is 6.03 Å². The van der Waals surface area contributed by atoms with Crippen molar-refractivity contribution in [2.75, 3.05) is 19.7 Å². The highest BCUT2D eigenvalue weighted by atomic mass is 16.5. The van der Waals surface area contributed by atoms with Gasteiger partial charge in [0.1, 0.15) is 0 Å². The summed E-state index contributed by atoms with van der Waals surface area (Å²) < 4.78 is 5.43. The molecule has 2 rings (SSSR count). The van der Waals surface area contributed by atoms with E-state index < -0.39 is 0 Å². The Labute approximate surface area is 107 Å². The van der Waals surface area contributed by atoms with E-state index in [9.17, 15) is 9.59 Å². The molecule has 2 aliphatic rings. The van der Waals surface area contributed by atoms with Gasteiger partial charge in [-0.2, -0.15) is 0 Å². The van der Waals surface area contributed by atoms with Gasteiger partial charge in [-0.3, -0.25) is 15.0 Å². The van der Waals surface area contributed by atoms with Crippen molar-refractivity contribution in [1.82, 2.24) is 15.5 Å². The average Bonchev–Trinajstić information content (AvgIpc) is 3.11. The molecule has 0 aromatic rings. The summed E-state index contributed by atoms with van der Waals surface area (Å²) in [6, 6.07) is -0.423. The third-order valence-corrected chi connectivity index (χ3v) is 3.35. The first kappa shape index (κ1) is 13.3. The molecular weight excluding hydrogens is 234 g/mol. The molecule has 0 aromatic carbocycles. The van der Waals surface area contributed by atoms with E-state index in [2.05, 4.69) is 10.6 Å². The molecule has 2 atom stereocenters. The van der Waals surface area contributed by atoms with Crippen LogP contribution in [0.1, 0.15) is 26.7 Å². The smallest absolute Gasteiger partial charge is 0.321 e. The molecule has 6 heteroatoms. The lowest BCUT2D eigenvalue weighted by Crippen LogP contribution is -2.54. The Hall–Kier alpha value is -1.14. The summed E-state index contributed by atoms with van der Waals surface area (Å²) in [7, 11) is 0. The molecule has 102 valence electrons. The molecule has 2 N–H and O–H groups in total. The first-order valence-electron chi connectivity index (χ1n) is 6.53. The maximum absolute atomic E-state index is 11.9. The maximum atomic E-state index is 11.9. The first-order valence-corrected chi connectivity index (χ1v) is 6.53. The summed E-state index contributed by atoms with van der Waals surface area (Å²) in [4.78, 5) is 25.4. The van der Waals surface area contributed by atoms with Crippen LogP contribution in [0.4, 0.5) is 4.79 Å². The summed E-state index contributed by atoms with van der Waals surface area (Å²) in [5, 5.41) is 5.13. The van der Waals surface area contributed by atoms with E-state index in [-0.39, 0.29) is 30.1 Å². The Morgan fingerprint density at radius 3 is 2.72 bits per heavy atom. The van der Waals surface area contributed by atoms with Crippen LogP contribution in [0.25, 0.3) is 0 Å². The van der Waals surface area contributed by atoms with Gasteiger partial charge in [0.15, 0.2) is 0 Å². The fourth-order valence-corrected chi connectivity index (χ4v) is 2.03. The van der Waals surface area contributed by atoms with E-state index in [1.165, 1.54) is 0 Å². The van der Waals surface area contributed by atoms with Gasteiger partial charge < -0.3 is 10.1 Å². The highest BCUT2D eigenvalue weighted by molar-refractivity contribution is 5.96. The number of urea groups is 1. The third kappa shape index (κ3) is 3.68. The molecule has 3 amide bonds. The minimum absolute atomic E-state index is 0.134. The van der Waals surface area contributed by atoms with Gasteiger partial charge in [-0.1, -0.05) is 0 Å². The standard InChI is InChI=1S/C12H21N3O3/c1-8-7-15(5-6-18-8)9(2)11(16)14-12(17)13-10-3-4-10/h8-10H,3-7H2,1-2H3,(H2,13,14,16,17)/t8-,9+/m0/s1. The number of morpholine rings is 1. The normalized spacial score (nSPS) is 26.4. The molecule has 0 unspecified atom stereocenters. The van der Waals surface area contributed by atoms with Crippen LogP contribution in [0, 0.1) is 0 Å². The van der Waals surface area contributed by atoms with Crippen LogP contribution >= 0.6 is 0 Å². The van der Waals surface area contributed by atoms with Gasteiger partial charge in [-0.25, -0.2) is 4.79 Å². The fraction of sp³-hybridized carbons (Fsp3) is 0.833. The molecule has 6 nitrogen and oxygen atoms in total. The Balaban J connectivity index is 1.77. The van der Waals surface area contributed by atoms with Crippen molar-refractivity contribution in [1.29, 1.82) is 0 Å². The zero-order chi connectivity index (χ0) is 13.1. The monoisotopic (exact) mass is 255 g/mol. The van der Waals surface area contributed by atoms with Crippen molar-refractivity contribution in [3.8, 4) is 0 Å². The van der Waals surface area contributed by atoms with Crippen LogP contribution < -0.4 is 10.6 Å². The molecule has 1 heterocycles. The fourth-order valence-electron chi connectivity index (χ4n) is 2.03. The highest BCUT2D eigenvalue weighted by Crippen LogP contribution is 2.18. The highest BCUT2D eigenvalue weighted by Gasteiger charge is 2.28. The van der Waals surface area contributed by atoms with Crippen molar-refractivity contribution in [3.05, 3.63) is 0 Å². The summed E-state index contributed by atoms with van der Waals surface area (Å²) >= 11 is 0. The van der Waals surface area contributed by atoms with Crippen molar-refractivity contribution < 1.29 is 14.3 Å². The van der Waals surface area contributed by atoms with Crippen LogP contribution in [0.5, 0.6) is 0 Å². The molecule has 2 fully saturated rings. The Morgan fingerprint density at radius 1 is 1.39 bits per heavy atom. The minimum atomic E-state index is -0.379. The molecule has 0 radical (unpaired) electrons. The molecule has 0 aromatic heterocycles. The number of hydrogen-bond acceptors (Lipinski definition) is 4. The number of ether oxygens (including phenoxy) is 1. The minimum Gasteiger partial charge on any atom is -0.376 e. The summed E-state index contributed by atoms with van der Waals surface area (Å²) in [6.07, 6.45) is 2.16. The molecule has 1 saturated heterocycles. The molecule has 0 spiro atoms. The third-order valence-electron chi connectivity index (χ3n) is 3.35. The molecular formula is C12H21N3O3. The maximum Gasteiger partial charge on any atom is 0.321 e. The van der Waals surface area contributed by atoms with Gasteiger partial charge in [0.2, 0.25) is 5.91 Å².